The Kier molecular flexibility index (Phi) is 6.56. The van der Waals surface area contributed by atoms with Gasteiger partial charge in [-0.15, -0.1) is 0 Å². The standard InChI is InChI=1S/C25H29FN2O3/c1-18(29)24-17-28(25-16-22(30-2)8-9-23(24)25)13-3-12-27-14-10-21(11-15-27)31-20-6-4-19(26)5-7-20/h4-9,16-17,21H,3,10-15H2,1-2H3. The third-order valence-corrected chi connectivity index (χ3v) is 5.99. The smallest absolute Gasteiger partial charge is 0.161 e. The van der Waals surface area contributed by atoms with Gasteiger partial charge >= 0.3 is 0 Å². The molecule has 5 nitrogen and oxygen atoms in total. The molecule has 2 heterocycles. The fourth-order valence-electron chi connectivity index (χ4n) is 4.29. The van der Waals surface area contributed by atoms with Crippen LogP contribution in [0.1, 0.15) is 36.5 Å². The number of ketones is 1. The van der Waals surface area contributed by atoms with E-state index in [-0.39, 0.29) is 17.7 Å². The maximum absolute atomic E-state index is 13.0. The number of methoxy groups -OCH3 is 1. The van der Waals surface area contributed by atoms with E-state index in [4.69, 9.17) is 9.47 Å². The third-order valence-electron chi connectivity index (χ3n) is 5.99. The van der Waals surface area contributed by atoms with Crippen molar-refractivity contribution in [1.82, 2.24) is 9.47 Å². The molecular formula is C25H29FN2O3. The summed E-state index contributed by atoms with van der Waals surface area (Å²) in [6.45, 7) is 5.45. The second-order valence-corrected chi connectivity index (χ2v) is 8.14. The van der Waals surface area contributed by atoms with Crippen molar-refractivity contribution in [2.75, 3.05) is 26.7 Å². The Morgan fingerprint density at radius 1 is 1.06 bits per heavy atom. The van der Waals surface area contributed by atoms with E-state index in [0.717, 1.165) is 73.4 Å². The molecule has 1 fully saturated rings. The van der Waals surface area contributed by atoms with E-state index in [1.165, 1.54) is 12.1 Å². The zero-order valence-corrected chi connectivity index (χ0v) is 18.1. The SMILES string of the molecule is COc1ccc2c(C(C)=O)cn(CCCN3CCC(Oc4ccc(F)cc4)CC3)c2c1. The molecule has 0 saturated carbocycles. The minimum absolute atomic E-state index is 0.0807. The van der Waals surface area contributed by atoms with Gasteiger partial charge in [-0.1, -0.05) is 0 Å². The van der Waals surface area contributed by atoms with Crippen molar-refractivity contribution in [1.29, 1.82) is 0 Å². The first-order valence-electron chi connectivity index (χ1n) is 10.9. The van der Waals surface area contributed by atoms with Crippen LogP contribution in [-0.2, 0) is 6.54 Å². The summed E-state index contributed by atoms with van der Waals surface area (Å²) in [6, 6.07) is 12.1. The molecule has 0 N–H and O–H groups in total. The number of hydrogen-bond acceptors (Lipinski definition) is 4. The van der Waals surface area contributed by atoms with Crippen molar-refractivity contribution in [2.45, 2.75) is 38.8 Å². The summed E-state index contributed by atoms with van der Waals surface area (Å²) in [5, 5.41) is 0.979. The van der Waals surface area contributed by atoms with Gasteiger partial charge in [0.05, 0.1) is 12.6 Å². The van der Waals surface area contributed by atoms with Crippen molar-refractivity contribution in [3.8, 4) is 11.5 Å². The molecule has 31 heavy (non-hydrogen) atoms. The van der Waals surface area contributed by atoms with E-state index in [1.54, 1.807) is 26.2 Å². The van der Waals surface area contributed by atoms with E-state index in [1.807, 2.05) is 24.4 Å². The molecule has 0 atom stereocenters. The van der Waals surface area contributed by atoms with Crippen molar-refractivity contribution in [3.63, 3.8) is 0 Å². The summed E-state index contributed by atoms with van der Waals surface area (Å²) in [4.78, 5) is 14.5. The fourth-order valence-corrected chi connectivity index (χ4v) is 4.29. The lowest BCUT2D eigenvalue weighted by Crippen LogP contribution is -2.38. The number of rotatable bonds is 8. The molecule has 0 radical (unpaired) electrons. The van der Waals surface area contributed by atoms with Crippen molar-refractivity contribution >= 4 is 16.7 Å². The largest absolute Gasteiger partial charge is 0.497 e. The number of carbonyl (C=O) groups is 1. The quantitative estimate of drug-likeness (QED) is 0.481. The molecule has 3 aromatic rings. The van der Waals surface area contributed by atoms with Crippen LogP contribution in [0.3, 0.4) is 0 Å². The molecule has 1 saturated heterocycles. The second kappa shape index (κ2) is 9.52. The van der Waals surface area contributed by atoms with Crippen LogP contribution in [0, 0.1) is 5.82 Å². The van der Waals surface area contributed by atoms with Gasteiger partial charge in [-0.05, 0) is 69.1 Å². The average molecular weight is 425 g/mol. The third kappa shape index (κ3) is 5.07. The highest BCUT2D eigenvalue weighted by atomic mass is 19.1. The molecule has 0 bridgehead atoms. The summed E-state index contributed by atoms with van der Waals surface area (Å²) < 4.78 is 26.6. The first-order chi connectivity index (χ1) is 15.0. The van der Waals surface area contributed by atoms with Crippen LogP contribution in [-0.4, -0.2) is 48.1 Å². The molecule has 1 aliphatic rings. The van der Waals surface area contributed by atoms with Gasteiger partial charge in [-0.3, -0.25) is 4.79 Å². The molecule has 4 rings (SSSR count). The number of nitrogens with zero attached hydrogens (tertiary/aromatic N) is 2. The van der Waals surface area contributed by atoms with Crippen LogP contribution in [0.2, 0.25) is 0 Å². The maximum Gasteiger partial charge on any atom is 0.161 e. The van der Waals surface area contributed by atoms with Crippen LogP contribution in [0.15, 0.2) is 48.7 Å². The zero-order valence-electron chi connectivity index (χ0n) is 18.1. The number of Topliss-reactive ketones (excluding diaryl/α,β-unsaturated/α-hetero) is 1. The monoisotopic (exact) mass is 424 g/mol. The zero-order chi connectivity index (χ0) is 21.8. The fraction of sp³-hybridized carbons (Fsp3) is 0.400. The van der Waals surface area contributed by atoms with Gasteiger partial charge in [-0.2, -0.15) is 0 Å². The number of fused-ring (bicyclic) bond motifs is 1. The summed E-state index contributed by atoms with van der Waals surface area (Å²) in [6.07, 6.45) is 5.09. The Hall–Kier alpha value is -2.86. The van der Waals surface area contributed by atoms with Crippen LogP contribution in [0.4, 0.5) is 4.39 Å². The van der Waals surface area contributed by atoms with Crippen molar-refractivity contribution in [2.24, 2.45) is 0 Å². The molecule has 6 heteroatoms. The van der Waals surface area contributed by atoms with Gasteiger partial charge in [0.25, 0.3) is 0 Å². The van der Waals surface area contributed by atoms with E-state index >= 15 is 0 Å². The summed E-state index contributed by atoms with van der Waals surface area (Å²) in [5.74, 6) is 1.37. The lowest BCUT2D eigenvalue weighted by Gasteiger charge is -2.32. The Morgan fingerprint density at radius 2 is 1.77 bits per heavy atom. The predicted molar refractivity (Wildman–Crippen MR) is 120 cm³/mol. The second-order valence-electron chi connectivity index (χ2n) is 8.14. The first-order valence-corrected chi connectivity index (χ1v) is 10.9. The molecule has 0 unspecified atom stereocenters. The molecule has 1 aromatic heterocycles. The molecular weight excluding hydrogens is 395 g/mol. The minimum atomic E-state index is -0.244. The lowest BCUT2D eigenvalue weighted by molar-refractivity contribution is 0.0992. The molecule has 1 aliphatic heterocycles. The predicted octanol–water partition coefficient (Wildman–Crippen LogP) is 4.93. The van der Waals surface area contributed by atoms with Gasteiger partial charge in [0.1, 0.15) is 23.4 Å². The van der Waals surface area contributed by atoms with E-state index in [2.05, 4.69) is 9.47 Å². The maximum atomic E-state index is 13.0. The number of piperidine rings is 1. The Bertz CT molecular complexity index is 1040. The Labute approximate surface area is 182 Å². The molecule has 0 amide bonds. The number of likely N-dealkylation sites (tertiary alicyclic amines) is 1. The average Bonchev–Trinajstić information content (AvgIpc) is 3.14. The van der Waals surface area contributed by atoms with Gasteiger partial charge in [-0.25, -0.2) is 4.39 Å². The Balaban J connectivity index is 1.30. The van der Waals surface area contributed by atoms with Crippen LogP contribution in [0.25, 0.3) is 10.9 Å². The van der Waals surface area contributed by atoms with Crippen molar-refractivity contribution in [3.05, 3.63) is 60.0 Å². The lowest BCUT2D eigenvalue weighted by atomic mass is 10.1. The number of aromatic nitrogens is 1. The number of aryl methyl sites for hydroxylation is 1. The molecule has 164 valence electrons. The summed E-state index contributed by atoms with van der Waals surface area (Å²) in [5.41, 5.74) is 1.80. The molecule has 0 aliphatic carbocycles. The highest BCUT2D eigenvalue weighted by molar-refractivity contribution is 6.07. The number of carbonyl (C=O) groups excluding carboxylic acids is 1. The normalized spacial score (nSPS) is 15.3. The summed E-state index contributed by atoms with van der Waals surface area (Å²) >= 11 is 0. The molecule has 0 spiro atoms. The van der Waals surface area contributed by atoms with Gasteiger partial charge in [0.2, 0.25) is 0 Å². The number of hydrogen-bond donors (Lipinski definition) is 0. The number of halogens is 1. The van der Waals surface area contributed by atoms with E-state index < -0.39 is 0 Å². The topological polar surface area (TPSA) is 43.7 Å². The van der Waals surface area contributed by atoms with Crippen LogP contribution >= 0.6 is 0 Å². The highest BCUT2D eigenvalue weighted by Crippen LogP contribution is 2.27. The van der Waals surface area contributed by atoms with Crippen LogP contribution in [0.5, 0.6) is 11.5 Å². The first kappa shape index (κ1) is 21.4. The number of benzene rings is 2. The van der Waals surface area contributed by atoms with Crippen molar-refractivity contribution < 1.29 is 18.7 Å². The Morgan fingerprint density at radius 3 is 2.45 bits per heavy atom. The van der Waals surface area contributed by atoms with E-state index in [0.29, 0.717) is 0 Å². The van der Waals surface area contributed by atoms with Gasteiger partial charge < -0.3 is 18.9 Å². The van der Waals surface area contributed by atoms with Gasteiger partial charge in [0.15, 0.2) is 5.78 Å². The number of ether oxygens (including phenoxy) is 2. The van der Waals surface area contributed by atoms with E-state index in [9.17, 15) is 9.18 Å². The van der Waals surface area contributed by atoms with Crippen LogP contribution < -0.4 is 9.47 Å². The highest BCUT2D eigenvalue weighted by Gasteiger charge is 2.20. The summed E-state index contributed by atoms with van der Waals surface area (Å²) in [7, 11) is 1.66. The minimum Gasteiger partial charge on any atom is -0.497 e. The molecule has 2 aromatic carbocycles. The van der Waals surface area contributed by atoms with Gasteiger partial charge in [0, 0.05) is 42.8 Å².